The number of carbonyl (C=O) groups is 1. The molecule has 0 bridgehead atoms. The molecule has 214 valence electrons. The summed E-state index contributed by atoms with van der Waals surface area (Å²) in [6.45, 7) is 2.24. The maximum atomic E-state index is 12.3. The molecule has 6 rings (SSSR count). The number of hydrogen-bond acceptors (Lipinski definition) is 5. The molecule has 41 heavy (non-hydrogen) atoms. The van der Waals surface area contributed by atoms with Crippen molar-refractivity contribution in [2.75, 3.05) is 25.3 Å². The summed E-state index contributed by atoms with van der Waals surface area (Å²) in [4.78, 5) is 14.7. The topological polar surface area (TPSA) is 74.7 Å². The Morgan fingerprint density at radius 3 is 2.34 bits per heavy atom. The van der Waals surface area contributed by atoms with Gasteiger partial charge in [-0.25, -0.2) is 8.42 Å². The van der Waals surface area contributed by atoms with Crippen LogP contribution in [-0.2, 0) is 14.6 Å². The third-order valence-corrected chi connectivity index (χ3v) is 11.5. The number of ketones is 1. The van der Waals surface area contributed by atoms with Gasteiger partial charge in [0.15, 0.2) is 15.6 Å². The molecule has 2 aromatic carbocycles. The van der Waals surface area contributed by atoms with E-state index in [1.54, 1.807) is 24.3 Å². The molecule has 4 aliphatic carbocycles. The van der Waals surface area contributed by atoms with Crippen LogP contribution in [0, 0.1) is 29.1 Å². The molecule has 4 aliphatic rings. The standard InChI is InChI=1S/C35H39NO4S/c1-34-22-31(24-7-10-26(11-8-24)36(2)3)33-29-16-12-27(37)21-25(29)9-15-30(33)32(34)18-20-35(34,38)19-17-23-5-13-28(14-6-23)41(4,39)40/h5-8,10-11,13-14,21,30-32,38H,9,12,15-16,18,20,22H2,1-4H3/t30-,31+,32-,34-,35?/m0/s1. The van der Waals surface area contributed by atoms with Gasteiger partial charge in [0.1, 0.15) is 5.60 Å². The summed E-state index contributed by atoms with van der Waals surface area (Å²) >= 11 is 0. The first kappa shape index (κ1) is 28.0. The first-order valence-electron chi connectivity index (χ1n) is 14.7. The van der Waals surface area contributed by atoms with E-state index in [4.69, 9.17) is 0 Å². The van der Waals surface area contributed by atoms with Crippen molar-refractivity contribution in [3.63, 3.8) is 0 Å². The van der Waals surface area contributed by atoms with Crippen molar-refractivity contribution in [3.8, 4) is 11.8 Å². The van der Waals surface area contributed by atoms with Gasteiger partial charge in [0.25, 0.3) is 0 Å². The maximum absolute atomic E-state index is 12.3. The fourth-order valence-corrected chi connectivity index (χ4v) is 8.77. The minimum atomic E-state index is -3.28. The molecule has 6 heteroatoms. The highest BCUT2D eigenvalue weighted by molar-refractivity contribution is 7.90. The Balaban J connectivity index is 1.42. The fourth-order valence-electron chi connectivity index (χ4n) is 8.14. The lowest BCUT2D eigenvalue weighted by Gasteiger charge is -2.53. The monoisotopic (exact) mass is 569 g/mol. The molecule has 0 heterocycles. The van der Waals surface area contributed by atoms with Crippen LogP contribution in [0.2, 0.25) is 0 Å². The molecular weight excluding hydrogens is 530 g/mol. The molecule has 0 amide bonds. The molecule has 0 aromatic heterocycles. The van der Waals surface area contributed by atoms with E-state index in [1.807, 2.05) is 20.2 Å². The lowest BCUT2D eigenvalue weighted by Crippen LogP contribution is -2.51. The highest BCUT2D eigenvalue weighted by Crippen LogP contribution is 2.66. The second-order valence-electron chi connectivity index (χ2n) is 12.9. The van der Waals surface area contributed by atoms with E-state index >= 15 is 0 Å². The van der Waals surface area contributed by atoms with Crippen LogP contribution in [0.5, 0.6) is 0 Å². The van der Waals surface area contributed by atoms with Gasteiger partial charge in [-0.15, -0.1) is 0 Å². The van der Waals surface area contributed by atoms with E-state index < -0.39 is 20.9 Å². The minimum absolute atomic E-state index is 0.157. The van der Waals surface area contributed by atoms with Crippen molar-refractivity contribution in [1.82, 2.24) is 0 Å². The Morgan fingerprint density at radius 1 is 0.976 bits per heavy atom. The molecule has 1 N–H and O–H groups in total. The van der Waals surface area contributed by atoms with E-state index in [0.29, 0.717) is 30.2 Å². The van der Waals surface area contributed by atoms with Gasteiger partial charge in [0, 0.05) is 49.4 Å². The smallest absolute Gasteiger partial charge is 0.175 e. The van der Waals surface area contributed by atoms with E-state index in [2.05, 4.69) is 47.9 Å². The normalized spacial score (nSPS) is 30.9. The molecule has 2 fully saturated rings. The largest absolute Gasteiger partial charge is 0.378 e. The van der Waals surface area contributed by atoms with Crippen LogP contribution < -0.4 is 4.90 Å². The first-order valence-corrected chi connectivity index (χ1v) is 16.6. The Hall–Kier alpha value is -3.14. The fraction of sp³-hybridized carbons (Fsp3) is 0.457. The summed E-state index contributed by atoms with van der Waals surface area (Å²) in [5, 5.41) is 12.3. The van der Waals surface area contributed by atoms with Crippen molar-refractivity contribution in [2.24, 2.45) is 17.3 Å². The zero-order valence-electron chi connectivity index (χ0n) is 24.4. The average Bonchev–Trinajstić information content (AvgIpc) is 3.21. The summed E-state index contributed by atoms with van der Waals surface area (Å²) in [5.41, 5.74) is 5.70. The molecule has 5 atom stereocenters. The van der Waals surface area contributed by atoms with Crippen LogP contribution in [-0.4, -0.2) is 45.3 Å². The van der Waals surface area contributed by atoms with Gasteiger partial charge in [0.05, 0.1) is 4.90 Å². The molecule has 0 saturated heterocycles. The second kappa shape index (κ2) is 10.00. The second-order valence-corrected chi connectivity index (χ2v) is 14.9. The summed E-state index contributed by atoms with van der Waals surface area (Å²) in [5.74, 6) is 7.58. The molecule has 0 spiro atoms. The summed E-state index contributed by atoms with van der Waals surface area (Å²) in [7, 11) is 0.815. The molecule has 2 saturated carbocycles. The van der Waals surface area contributed by atoms with E-state index in [1.165, 1.54) is 28.5 Å². The molecule has 2 aromatic rings. The Morgan fingerprint density at radius 2 is 1.68 bits per heavy atom. The zero-order valence-corrected chi connectivity index (χ0v) is 25.2. The number of fused-ring (bicyclic) bond motifs is 4. The molecule has 1 unspecified atom stereocenters. The number of aliphatic hydroxyl groups is 1. The van der Waals surface area contributed by atoms with Gasteiger partial charge in [-0.2, -0.15) is 0 Å². The van der Waals surface area contributed by atoms with Gasteiger partial charge in [-0.3, -0.25) is 4.79 Å². The van der Waals surface area contributed by atoms with Crippen LogP contribution in [0.3, 0.4) is 0 Å². The average molecular weight is 570 g/mol. The lowest BCUT2D eigenvalue weighted by molar-refractivity contribution is -0.114. The summed E-state index contributed by atoms with van der Waals surface area (Å²) in [6.07, 6.45) is 8.75. The van der Waals surface area contributed by atoms with Crippen molar-refractivity contribution in [1.29, 1.82) is 0 Å². The van der Waals surface area contributed by atoms with Crippen LogP contribution in [0.1, 0.15) is 68.9 Å². The number of anilines is 1. The zero-order chi connectivity index (χ0) is 29.2. The Labute approximate surface area is 244 Å². The van der Waals surface area contributed by atoms with Crippen molar-refractivity contribution < 1.29 is 18.3 Å². The quantitative estimate of drug-likeness (QED) is 0.470. The third kappa shape index (κ3) is 4.77. The number of allylic oxidation sites excluding steroid dienone is 4. The molecular formula is C35H39NO4S. The van der Waals surface area contributed by atoms with Crippen LogP contribution in [0.25, 0.3) is 0 Å². The highest BCUT2D eigenvalue weighted by atomic mass is 32.2. The predicted octanol–water partition coefficient (Wildman–Crippen LogP) is 5.84. The van der Waals surface area contributed by atoms with Gasteiger partial charge in [-0.05, 0) is 110 Å². The Kier molecular flexibility index (Phi) is 6.83. The number of carbonyl (C=O) groups excluding carboxylic acids is 1. The van der Waals surface area contributed by atoms with Gasteiger partial charge in [-0.1, -0.05) is 36.5 Å². The van der Waals surface area contributed by atoms with Crippen molar-refractivity contribution >= 4 is 21.3 Å². The van der Waals surface area contributed by atoms with Gasteiger partial charge < -0.3 is 10.0 Å². The molecule has 0 aliphatic heterocycles. The van der Waals surface area contributed by atoms with Gasteiger partial charge in [0.2, 0.25) is 0 Å². The number of hydrogen-bond donors (Lipinski definition) is 1. The van der Waals surface area contributed by atoms with Crippen molar-refractivity contribution in [2.45, 2.75) is 68.3 Å². The van der Waals surface area contributed by atoms with Crippen LogP contribution >= 0.6 is 0 Å². The SMILES string of the molecule is CN(C)c1ccc([C@H]2C[C@@]3(C)[C@@H](CCC3(O)C#Cc3ccc(S(C)(=O)=O)cc3)[C@@H]3CCC4=CC(=O)CCC4=C32)cc1. The Bertz CT molecular complexity index is 1620. The van der Waals surface area contributed by atoms with E-state index in [-0.39, 0.29) is 16.6 Å². The number of sulfone groups is 1. The number of rotatable bonds is 3. The van der Waals surface area contributed by atoms with E-state index in [9.17, 15) is 18.3 Å². The molecule has 5 nitrogen and oxygen atoms in total. The minimum Gasteiger partial charge on any atom is -0.378 e. The first-order chi connectivity index (χ1) is 19.4. The number of benzene rings is 2. The lowest BCUT2D eigenvalue weighted by atomic mass is 9.51. The van der Waals surface area contributed by atoms with Crippen molar-refractivity contribution in [3.05, 3.63) is 82.5 Å². The van der Waals surface area contributed by atoms with Crippen LogP contribution in [0.15, 0.2) is 76.2 Å². The molecule has 0 radical (unpaired) electrons. The third-order valence-electron chi connectivity index (χ3n) is 10.4. The summed E-state index contributed by atoms with van der Waals surface area (Å²) < 4.78 is 23.8. The highest BCUT2D eigenvalue weighted by Gasteiger charge is 2.62. The maximum Gasteiger partial charge on any atom is 0.175 e. The van der Waals surface area contributed by atoms with Gasteiger partial charge >= 0.3 is 0 Å². The van der Waals surface area contributed by atoms with Crippen LogP contribution in [0.4, 0.5) is 5.69 Å². The summed E-state index contributed by atoms with van der Waals surface area (Å²) in [6, 6.07) is 15.4. The van der Waals surface area contributed by atoms with E-state index in [0.717, 1.165) is 37.8 Å². The predicted molar refractivity (Wildman–Crippen MR) is 162 cm³/mol. The number of nitrogens with zero attached hydrogens (tertiary/aromatic N) is 1.